The molecule has 3 aromatic rings. The van der Waals surface area contributed by atoms with Gasteiger partial charge in [0.25, 0.3) is 0 Å². The summed E-state index contributed by atoms with van der Waals surface area (Å²) in [7, 11) is 3.31. The number of hydrogen-bond acceptors (Lipinski definition) is 10. The van der Waals surface area contributed by atoms with E-state index >= 15 is 0 Å². The molecule has 1 aliphatic carbocycles. The lowest BCUT2D eigenvalue weighted by atomic mass is 9.47. The maximum absolute atomic E-state index is 14.4. The van der Waals surface area contributed by atoms with E-state index in [0.717, 1.165) is 87.2 Å². The first-order valence-electron chi connectivity index (χ1n) is 21.0. The van der Waals surface area contributed by atoms with Gasteiger partial charge in [-0.2, -0.15) is 0 Å². The molecule has 1 aromatic heterocycles. The Morgan fingerprint density at radius 2 is 1.89 bits per heavy atom. The number of nitrogens with one attached hydrogen (secondary N) is 1. The van der Waals surface area contributed by atoms with Gasteiger partial charge in [-0.05, 0) is 111 Å². The number of aromatic amines is 1. The maximum atomic E-state index is 14.4. The predicted molar refractivity (Wildman–Crippen MR) is 225 cm³/mol. The number of carbonyl (C=O) groups is 2. The summed E-state index contributed by atoms with van der Waals surface area (Å²) in [4.78, 5) is 43.4. The van der Waals surface area contributed by atoms with Crippen LogP contribution in [0.2, 0.25) is 0 Å². The normalized spacial score (nSPS) is 37.8. The van der Waals surface area contributed by atoms with E-state index in [0.29, 0.717) is 12.3 Å². The molecule has 1 saturated carbocycles. The number of benzene rings is 2. The highest BCUT2D eigenvalue weighted by molar-refractivity contribution is 7.78. The maximum Gasteiger partial charge on any atom is 0.344 e. The van der Waals surface area contributed by atoms with Gasteiger partial charge < -0.3 is 29.4 Å². The van der Waals surface area contributed by atoms with Crippen LogP contribution in [0.5, 0.6) is 0 Å². The Bertz CT molecular complexity index is 2250. The number of ether oxygens (including phenoxy) is 2. The van der Waals surface area contributed by atoms with Crippen LogP contribution in [0.3, 0.4) is 0 Å². The van der Waals surface area contributed by atoms with Crippen molar-refractivity contribution in [1.82, 2.24) is 14.8 Å². The first kappa shape index (κ1) is 38.6. The van der Waals surface area contributed by atoms with Crippen LogP contribution in [-0.2, 0) is 36.3 Å². The fourth-order valence-corrected chi connectivity index (χ4v) is 14.0. The van der Waals surface area contributed by atoms with Gasteiger partial charge in [0.2, 0.25) is 5.60 Å². The molecule has 0 radical (unpaired) electrons. The summed E-state index contributed by atoms with van der Waals surface area (Å²) in [5.74, 6) is -0.963. The second-order valence-electron chi connectivity index (χ2n) is 18.5. The van der Waals surface area contributed by atoms with E-state index in [-0.39, 0.29) is 11.6 Å². The minimum absolute atomic E-state index is 0.139. The van der Waals surface area contributed by atoms with E-state index in [2.05, 4.69) is 101 Å². The van der Waals surface area contributed by atoms with Crippen LogP contribution >= 0.6 is 12.2 Å². The molecular weight excluding hydrogens is 735 g/mol. The van der Waals surface area contributed by atoms with Crippen molar-refractivity contribution >= 4 is 45.9 Å². The van der Waals surface area contributed by atoms with E-state index in [1.807, 2.05) is 7.05 Å². The molecule has 2 aromatic carbocycles. The number of methoxy groups -OCH3 is 1. The molecule has 10 nitrogen and oxygen atoms in total. The summed E-state index contributed by atoms with van der Waals surface area (Å²) in [6, 6.07) is 12.6. The first-order valence-corrected chi connectivity index (χ1v) is 21.4. The Balaban J connectivity index is 1.30. The smallest absolute Gasteiger partial charge is 0.344 e. The number of isothiocyanates is 1. The minimum atomic E-state index is -2.16. The van der Waals surface area contributed by atoms with E-state index in [1.165, 1.54) is 36.2 Å². The largest absolute Gasteiger partial charge is 0.467 e. The number of fused-ring (bicyclic) bond motifs is 6. The van der Waals surface area contributed by atoms with Gasteiger partial charge in [-0.1, -0.05) is 50.3 Å². The van der Waals surface area contributed by atoms with E-state index in [4.69, 9.17) is 26.7 Å². The van der Waals surface area contributed by atoms with E-state index < -0.39 is 45.9 Å². The molecule has 57 heavy (non-hydrogen) atoms. The highest BCUT2D eigenvalue weighted by Gasteiger charge is 2.80. The van der Waals surface area contributed by atoms with Gasteiger partial charge in [-0.15, -0.1) is 0 Å². The van der Waals surface area contributed by atoms with Crippen LogP contribution < -0.4 is 4.90 Å². The number of aryl methyl sites for hydroxylation is 1. The molecule has 11 heteroatoms. The fourth-order valence-electron chi connectivity index (χ4n) is 13.8. The lowest BCUT2D eigenvalue weighted by Gasteiger charge is -2.63. The third kappa shape index (κ3) is 5.11. The summed E-state index contributed by atoms with van der Waals surface area (Å²) in [5.41, 5.74) is 3.97. The second kappa shape index (κ2) is 13.3. The van der Waals surface area contributed by atoms with Crippen LogP contribution in [0.15, 0.2) is 53.5 Å². The van der Waals surface area contributed by atoms with Crippen LogP contribution in [0, 0.1) is 18.3 Å². The topological polar surface area (TPSA) is 111 Å². The Morgan fingerprint density at radius 1 is 1.11 bits per heavy atom. The van der Waals surface area contributed by atoms with E-state index in [9.17, 15) is 14.7 Å². The number of carbonyl (C=O) groups excluding carboxylic acids is 2. The van der Waals surface area contributed by atoms with Crippen molar-refractivity contribution in [2.45, 2.75) is 113 Å². The highest BCUT2D eigenvalue weighted by atomic mass is 32.1. The number of H-pyrrole nitrogens is 1. The molecule has 302 valence electrons. The number of rotatable bonds is 6. The Morgan fingerprint density at radius 3 is 2.61 bits per heavy atom. The molecule has 0 amide bonds. The van der Waals surface area contributed by atoms with Gasteiger partial charge >= 0.3 is 11.9 Å². The molecule has 2 N–H and O–H groups in total. The molecule has 9 rings (SSSR count). The van der Waals surface area contributed by atoms with Gasteiger partial charge in [-0.3, -0.25) is 9.69 Å². The van der Waals surface area contributed by atoms with Crippen LogP contribution in [-0.4, -0.2) is 113 Å². The van der Waals surface area contributed by atoms with Crippen molar-refractivity contribution in [2.24, 2.45) is 16.3 Å². The summed E-state index contributed by atoms with van der Waals surface area (Å²) in [6.45, 7) is 14.7. The number of thiocarbonyl (C=S) groups is 1. The standard InChI is InChI=1S/C46H57N5O5S/c1-8-43(47-27-57)24-30-23-42(5,37-32(15-19-50(25-30)26-43)31-13-10-11-14-35(31)48-37)33-22-34-36(21-28(33)3)49(6)39-45(34)17-20-51-18-12-16-44(9-2,38(45)51)40(56-29(4)52)46(39,54)41(53)55-7/h10-14,16,21-22,30,38-40,48,54H,8-9,15,17-20,23-26H2,1-7H3/t30-,38-,39+,40+,42+,43?,44+,45+,46?/m0/s1. The van der Waals surface area contributed by atoms with Crippen molar-refractivity contribution in [3.63, 3.8) is 0 Å². The number of likely N-dealkylation sites (N-methyl/N-ethyl adjacent to an activating group) is 1. The quantitative estimate of drug-likeness (QED) is 0.130. The van der Waals surface area contributed by atoms with Gasteiger partial charge in [0, 0.05) is 84.7 Å². The highest BCUT2D eigenvalue weighted by Crippen LogP contribution is 2.68. The van der Waals surface area contributed by atoms with Crippen molar-refractivity contribution in [1.29, 1.82) is 0 Å². The van der Waals surface area contributed by atoms with Crippen molar-refractivity contribution in [2.75, 3.05) is 51.8 Å². The number of nitrogens with zero attached hydrogens (tertiary/aromatic N) is 4. The second-order valence-corrected chi connectivity index (χ2v) is 18.6. The zero-order valence-electron chi connectivity index (χ0n) is 34.5. The van der Waals surface area contributed by atoms with Crippen LogP contribution in [0.4, 0.5) is 5.69 Å². The molecule has 3 unspecified atom stereocenters. The monoisotopic (exact) mass is 791 g/mol. The number of aliphatic imine (C=N–C) groups is 1. The van der Waals surface area contributed by atoms with Gasteiger partial charge in [0.05, 0.1) is 23.9 Å². The Labute approximate surface area is 341 Å². The molecule has 3 fully saturated rings. The number of para-hydroxylation sites is 1. The number of piperidine rings is 1. The third-order valence-corrected chi connectivity index (χ3v) is 15.8. The average Bonchev–Trinajstić information content (AvgIpc) is 3.85. The lowest BCUT2D eigenvalue weighted by Crippen LogP contribution is -2.81. The Hall–Kier alpha value is -3.86. The van der Waals surface area contributed by atoms with Gasteiger partial charge in [-0.25, -0.2) is 9.79 Å². The SMILES string of the molecule is CCC1(N=C=S)C[C@H]2CN(CCc3c([nH]c4ccccc34)[C@@](C)(c3cc4c(cc3C)N(C)[C@H]3C(O)(C(=O)OC)[C@H](OC(C)=O)[C@]5(CC)C=CCN6CC[C@]43[C@@H]65)C2)C1. The predicted octanol–water partition coefficient (Wildman–Crippen LogP) is 6.25. The molecule has 6 aliphatic rings. The fraction of sp³-hybridized carbons (Fsp3) is 0.587. The summed E-state index contributed by atoms with van der Waals surface area (Å²) < 4.78 is 11.7. The summed E-state index contributed by atoms with van der Waals surface area (Å²) in [5, 5.41) is 17.4. The minimum Gasteiger partial charge on any atom is -0.467 e. The van der Waals surface area contributed by atoms with E-state index in [1.54, 1.807) is 0 Å². The average molecular weight is 792 g/mol. The molecule has 1 spiro atoms. The lowest BCUT2D eigenvalue weighted by molar-refractivity contribution is -0.228. The van der Waals surface area contributed by atoms with Crippen molar-refractivity contribution in [3.8, 4) is 0 Å². The number of aliphatic hydroxyl groups is 1. The zero-order chi connectivity index (χ0) is 40.3. The summed E-state index contributed by atoms with van der Waals surface area (Å²) >= 11 is 5.25. The number of aromatic nitrogens is 1. The molecule has 6 heterocycles. The molecule has 2 saturated heterocycles. The number of hydrogen-bond donors (Lipinski definition) is 2. The van der Waals surface area contributed by atoms with Gasteiger partial charge in [0.15, 0.2) is 6.10 Å². The molecule has 10 atom stereocenters. The van der Waals surface area contributed by atoms with Crippen molar-refractivity contribution in [3.05, 3.63) is 76.5 Å². The van der Waals surface area contributed by atoms with Crippen LogP contribution in [0.25, 0.3) is 10.9 Å². The zero-order valence-corrected chi connectivity index (χ0v) is 35.3. The first-order chi connectivity index (χ1) is 27.3. The third-order valence-electron chi connectivity index (χ3n) is 15.7. The van der Waals surface area contributed by atoms with Gasteiger partial charge in [0.1, 0.15) is 0 Å². The molecular formula is C46H57N5O5S. The molecule has 5 aliphatic heterocycles. The number of anilines is 1. The Kier molecular flexibility index (Phi) is 9.04. The molecule has 2 bridgehead atoms. The van der Waals surface area contributed by atoms with Crippen molar-refractivity contribution < 1.29 is 24.2 Å². The van der Waals surface area contributed by atoms with Crippen LogP contribution in [0.1, 0.15) is 87.7 Å². The summed E-state index contributed by atoms with van der Waals surface area (Å²) in [6.07, 6.45) is 8.08. The number of esters is 2.